The molecule has 0 heterocycles. The van der Waals surface area contributed by atoms with Gasteiger partial charge in [-0.15, -0.1) is 0 Å². The van der Waals surface area contributed by atoms with Crippen molar-refractivity contribution in [2.45, 2.75) is 45.3 Å². The fourth-order valence-corrected chi connectivity index (χ4v) is 3.60. The van der Waals surface area contributed by atoms with Crippen molar-refractivity contribution in [1.82, 2.24) is 5.32 Å². The molecule has 1 atom stereocenters. The van der Waals surface area contributed by atoms with Gasteiger partial charge in [0.2, 0.25) is 0 Å². The number of benzene rings is 2. The van der Waals surface area contributed by atoms with Crippen molar-refractivity contribution in [3.05, 3.63) is 58.1 Å². The summed E-state index contributed by atoms with van der Waals surface area (Å²) in [5, 5.41) is 3.50. The minimum absolute atomic E-state index is 0.0174. The number of nitrogens with one attached hydrogen (secondary N) is 1. The maximum absolute atomic E-state index is 12.8. The molecule has 1 N–H and O–H groups in total. The van der Waals surface area contributed by atoms with Gasteiger partial charge in [0.05, 0.1) is 24.3 Å². The second-order valence-corrected chi connectivity index (χ2v) is 7.18. The zero-order chi connectivity index (χ0) is 18.7. The predicted octanol–water partition coefficient (Wildman–Crippen LogP) is 4.94. The smallest absolute Gasteiger partial charge is 0.251 e. The van der Waals surface area contributed by atoms with Crippen LogP contribution in [0.1, 0.15) is 54.2 Å². The summed E-state index contributed by atoms with van der Waals surface area (Å²) in [5.41, 5.74) is 2.97. The van der Waals surface area contributed by atoms with Crippen LogP contribution in [0.25, 0.3) is 0 Å². The van der Waals surface area contributed by atoms with E-state index in [0.29, 0.717) is 22.1 Å². The van der Waals surface area contributed by atoms with E-state index in [-0.39, 0.29) is 18.1 Å². The van der Waals surface area contributed by atoms with Crippen LogP contribution in [0.3, 0.4) is 0 Å². The second kappa shape index (κ2) is 8.00. The summed E-state index contributed by atoms with van der Waals surface area (Å²) in [6.45, 7) is 3.83. The van der Waals surface area contributed by atoms with Gasteiger partial charge >= 0.3 is 0 Å². The van der Waals surface area contributed by atoms with Gasteiger partial charge in [-0.05, 0) is 56.4 Å². The first-order valence-electron chi connectivity index (χ1n) is 8.92. The summed E-state index contributed by atoms with van der Waals surface area (Å²) in [5.74, 6) is 0.757. The molecule has 3 rings (SSSR count). The predicted molar refractivity (Wildman–Crippen MR) is 103 cm³/mol. The molecule has 0 bridgehead atoms. The molecule has 0 saturated carbocycles. The molecule has 2 aromatic carbocycles. The van der Waals surface area contributed by atoms with Crippen LogP contribution < -0.4 is 14.8 Å². The molecule has 2 aromatic rings. The van der Waals surface area contributed by atoms with Gasteiger partial charge in [-0.1, -0.05) is 35.9 Å². The standard InChI is InChI=1S/C21H24ClNO3/c1-13(2)26-20-17(22)11-15(12-19(20)25-3)21(24)23-18-10-6-8-14-7-4-5-9-16(14)18/h4-5,7,9,11-13,18H,6,8,10H2,1-3H3,(H,23,24)/t18-/m1/s1. The molecule has 1 aliphatic rings. The van der Waals surface area contributed by atoms with E-state index in [9.17, 15) is 4.79 Å². The Kier molecular flexibility index (Phi) is 5.72. The molecule has 0 aliphatic heterocycles. The van der Waals surface area contributed by atoms with Crippen molar-refractivity contribution in [3.63, 3.8) is 0 Å². The number of carbonyl (C=O) groups is 1. The van der Waals surface area contributed by atoms with Crippen LogP contribution in [0.15, 0.2) is 36.4 Å². The number of fused-ring (bicyclic) bond motifs is 1. The lowest BCUT2D eigenvalue weighted by atomic mass is 9.87. The molecule has 0 saturated heterocycles. The van der Waals surface area contributed by atoms with Crippen LogP contribution in [0, 0.1) is 0 Å². The number of rotatable bonds is 5. The Hall–Kier alpha value is -2.20. The number of amides is 1. The molecule has 0 aromatic heterocycles. The van der Waals surface area contributed by atoms with E-state index in [0.717, 1.165) is 19.3 Å². The van der Waals surface area contributed by atoms with Gasteiger partial charge in [0.25, 0.3) is 5.91 Å². The first-order chi connectivity index (χ1) is 12.5. The number of ether oxygens (including phenoxy) is 2. The number of methoxy groups -OCH3 is 1. The van der Waals surface area contributed by atoms with Gasteiger partial charge < -0.3 is 14.8 Å². The SMILES string of the molecule is COc1cc(C(=O)N[C@@H]2CCCc3ccccc32)cc(Cl)c1OC(C)C. The normalized spacial score (nSPS) is 16.1. The summed E-state index contributed by atoms with van der Waals surface area (Å²) in [7, 11) is 1.54. The fraction of sp³-hybridized carbons (Fsp3) is 0.381. The van der Waals surface area contributed by atoms with Crippen molar-refractivity contribution in [2.75, 3.05) is 7.11 Å². The van der Waals surface area contributed by atoms with Gasteiger partial charge in [0, 0.05) is 5.56 Å². The highest BCUT2D eigenvalue weighted by Gasteiger charge is 2.23. The lowest BCUT2D eigenvalue weighted by Crippen LogP contribution is -2.31. The molecule has 1 amide bonds. The number of hydrogen-bond acceptors (Lipinski definition) is 3. The topological polar surface area (TPSA) is 47.6 Å². The van der Waals surface area contributed by atoms with E-state index in [1.54, 1.807) is 12.1 Å². The summed E-state index contributed by atoms with van der Waals surface area (Å²) in [6, 6.07) is 11.6. The van der Waals surface area contributed by atoms with Crippen LogP contribution in [0.4, 0.5) is 0 Å². The van der Waals surface area contributed by atoms with E-state index >= 15 is 0 Å². The van der Waals surface area contributed by atoms with E-state index in [1.807, 2.05) is 26.0 Å². The number of hydrogen-bond donors (Lipinski definition) is 1. The maximum atomic E-state index is 12.8. The number of carbonyl (C=O) groups excluding carboxylic acids is 1. The Morgan fingerprint density at radius 2 is 2.04 bits per heavy atom. The molecular weight excluding hydrogens is 350 g/mol. The van der Waals surface area contributed by atoms with Gasteiger partial charge in [-0.3, -0.25) is 4.79 Å². The number of halogens is 1. The Labute approximate surface area is 159 Å². The fourth-order valence-electron chi connectivity index (χ4n) is 3.35. The summed E-state index contributed by atoms with van der Waals surface area (Å²) >= 11 is 6.34. The minimum atomic E-state index is -0.164. The summed E-state index contributed by atoms with van der Waals surface area (Å²) < 4.78 is 11.1. The van der Waals surface area contributed by atoms with E-state index in [4.69, 9.17) is 21.1 Å². The highest BCUT2D eigenvalue weighted by molar-refractivity contribution is 6.32. The lowest BCUT2D eigenvalue weighted by Gasteiger charge is -2.26. The molecule has 26 heavy (non-hydrogen) atoms. The average molecular weight is 374 g/mol. The molecule has 5 heteroatoms. The van der Waals surface area contributed by atoms with Crippen molar-refractivity contribution >= 4 is 17.5 Å². The number of aryl methyl sites for hydroxylation is 1. The van der Waals surface area contributed by atoms with Crippen molar-refractivity contribution in [1.29, 1.82) is 0 Å². The first-order valence-corrected chi connectivity index (χ1v) is 9.30. The molecule has 138 valence electrons. The van der Waals surface area contributed by atoms with Crippen LogP contribution in [-0.4, -0.2) is 19.1 Å². The zero-order valence-corrected chi connectivity index (χ0v) is 16.1. The third-order valence-corrected chi connectivity index (χ3v) is 4.80. The van der Waals surface area contributed by atoms with Gasteiger partial charge in [-0.2, -0.15) is 0 Å². The monoisotopic (exact) mass is 373 g/mol. The largest absolute Gasteiger partial charge is 0.493 e. The van der Waals surface area contributed by atoms with Crippen LogP contribution >= 0.6 is 11.6 Å². The van der Waals surface area contributed by atoms with Gasteiger partial charge in [-0.25, -0.2) is 0 Å². The third kappa shape index (κ3) is 3.96. The van der Waals surface area contributed by atoms with Crippen LogP contribution in [0.5, 0.6) is 11.5 Å². The van der Waals surface area contributed by atoms with Gasteiger partial charge in [0.15, 0.2) is 11.5 Å². The Balaban J connectivity index is 1.84. The van der Waals surface area contributed by atoms with Gasteiger partial charge in [0.1, 0.15) is 0 Å². The quantitative estimate of drug-likeness (QED) is 0.807. The van der Waals surface area contributed by atoms with Crippen molar-refractivity contribution < 1.29 is 14.3 Å². The van der Waals surface area contributed by atoms with Crippen LogP contribution in [0.2, 0.25) is 5.02 Å². The molecule has 1 aliphatic carbocycles. The summed E-state index contributed by atoms with van der Waals surface area (Å²) in [6.07, 6.45) is 3.01. The van der Waals surface area contributed by atoms with Crippen LogP contribution in [-0.2, 0) is 6.42 Å². The van der Waals surface area contributed by atoms with E-state index < -0.39 is 0 Å². The molecule has 0 spiro atoms. The highest BCUT2D eigenvalue weighted by atomic mass is 35.5. The first kappa shape index (κ1) is 18.6. The van der Waals surface area contributed by atoms with E-state index in [2.05, 4.69) is 17.4 Å². The minimum Gasteiger partial charge on any atom is -0.493 e. The molecular formula is C21H24ClNO3. The Morgan fingerprint density at radius 1 is 1.27 bits per heavy atom. The summed E-state index contributed by atoms with van der Waals surface area (Å²) in [4.78, 5) is 12.8. The molecule has 0 unspecified atom stereocenters. The molecule has 4 nitrogen and oxygen atoms in total. The second-order valence-electron chi connectivity index (χ2n) is 6.77. The highest BCUT2D eigenvalue weighted by Crippen LogP contribution is 2.37. The van der Waals surface area contributed by atoms with Crippen molar-refractivity contribution in [2.24, 2.45) is 0 Å². The lowest BCUT2D eigenvalue weighted by molar-refractivity contribution is 0.0932. The molecule has 0 fully saturated rings. The third-order valence-electron chi connectivity index (χ3n) is 4.52. The Morgan fingerprint density at radius 3 is 2.77 bits per heavy atom. The Bertz CT molecular complexity index is 804. The zero-order valence-electron chi connectivity index (χ0n) is 15.3. The average Bonchev–Trinajstić information content (AvgIpc) is 2.63. The molecule has 0 radical (unpaired) electrons. The van der Waals surface area contributed by atoms with Crippen molar-refractivity contribution in [3.8, 4) is 11.5 Å². The van der Waals surface area contributed by atoms with E-state index in [1.165, 1.54) is 18.2 Å². The maximum Gasteiger partial charge on any atom is 0.251 e.